The van der Waals surface area contributed by atoms with E-state index in [1.165, 1.54) is 0 Å². The molecule has 0 saturated carbocycles. The van der Waals surface area contributed by atoms with Crippen LogP contribution in [0.25, 0.3) is 0 Å². The van der Waals surface area contributed by atoms with Crippen molar-refractivity contribution in [3.63, 3.8) is 0 Å². The third kappa shape index (κ3) is 9.42. The SMILES string of the molecule is [C-]#N.[Fe+2].[K+]. The Morgan fingerprint density at radius 3 is 1.25 bits per heavy atom. The van der Waals surface area contributed by atoms with Crippen molar-refractivity contribution in [2.24, 2.45) is 0 Å². The predicted molar refractivity (Wildman–Crippen MR) is 4.97 cm³/mol. The van der Waals surface area contributed by atoms with Gasteiger partial charge in [-0.05, 0) is 0 Å². The van der Waals surface area contributed by atoms with Gasteiger partial charge in [-0.1, -0.05) is 0 Å². The smallest absolute Gasteiger partial charge is 0.512 e. The summed E-state index contributed by atoms with van der Waals surface area (Å²) in [4.78, 5) is 0. The molecule has 0 aliphatic carbocycles. The minimum atomic E-state index is 0. The number of hydrogen-bond acceptors (Lipinski definition) is 1. The Kier molecular flexibility index (Phi) is 99.2. The average Bonchev–Trinajstić information content (AvgIpc) is 1.00. The standard InChI is InChI=1S/CN.Fe.K/c1-2;;/q-1;+2;+1. The molecule has 0 aromatic heterocycles. The molecule has 0 aliphatic rings. The molecular weight excluding hydrogens is 121 g/mol. The van der Waals surface area contributed by atoms with Crippen LogP contribution >= 0.6 is 0 Å². The topological polar surface area (TPSA) is 23.8 Å². The van der Waals surface area contributed by atoms with Gasteiger partial charge in [-0.3, -0.25) is 0 Å². The summed E-state index contributed by atoms with van der Waals surface area (Å²) < 4.78 is 0. The third-order valence-electron chi connectivity index (χ3n) is 0. The molecule has 0 spiro atoms. The number of nitrogens with zero attached hydrogens (tertiary/aromatic N) is 1. The Morgan fingerprint density at radius 1 is 1.25 bits per heavy atom. The second kappa shape index (κ2) is 22.8. The molecule has 0 rings (SSSR count). The van der Waals surface area contributed by atoms with Gasteiger partial charge in [0.25, 0.3) is 0 Å². The Hall–Kier alpha value is 1.65. The first kappa shape index (κ1) is 17.4. The fourth-order valence-corrected chi connectivity index (χ4v) is 0. The van der Waals surface area contributed by atoms with E-state index in [1.54, 1.807) is 0 Å². The van der Waals surface area contributed by atoms with Gasteiger partial charge in [0.1, 0.15) is 0 Å². The van der Waals surface area contributed by atoms with Crippen LogP contribution in [0.1, 0.15) is 0 Å². The van der Waals surface area contributed by atoms with Crippen LogP contribution in [-0.2, 0) is 17.1 Å². The molecule has 0 bridgehead atoms. The largest absolute Gasteiger partial charge is 2.00 e. The zero-order chi connectivity index (χ0) is 2.00. The van der Waals surface area contributed by atoms with Gasteiger partial charge < -0.3 is 11.8 Å². The fourth-order valence-electron chi connectivity index (χ4n) is 0. The van der Waals surface area contributed by atoms with Crippen LogP contribution in [0.15, 0.2) is 0 Å². The summed E-state index contributed by atoms with van der Waals surface area (Å²) in [5.41, 5.74) is 0. The van der Waals surface area contributed by atoms with Crippen LogP contribution in [0.3, 0.4) is 0 Å². The van der Waals surface area contributed by atoms with Crippen LogP contribution in [0, 0.1) is 11.8 Å². The van der Waals surface area contributed by atoms with E-state index in [2.05, 4.69) is 0 Å². The predicted octanol–water partition coefficient (Wildman–Crippen LogP) is -2.90. The van der Waals surface area contributed by atoms with E-state index in [4.69, 9.17) is 11.8 Å². The van der Waals surface area contributed by atoms with Crippen molar-refractivity contribution in [2.75, 3.05) is 0 Å². The van der Waals surface area contributed by atoms with Crippen LogP contribution in [0.5, 0.6) is 0 Å². The summed E-state index contributed by atoms with van der Waals surface area (Å²) in [5, 5.41) is 6.25. The van der Waals surface area contributed by atoms with Gasteiger partial charge in [-0.15, -0.1) is 0 Å². The summed E-state index contributed by atoms with van der Waals surface area (Å²) in [6.07, 6.45) is 0. The van der Waals surface area contributed by atoms with E-state index in [1.807, 2.05) is 0 Å². The molecule has 3 heteroatoms. The first-order valence-corrected chi connectivity index (χ1v) is 0.224. The molecule has 0 aliphatic heterocycles. The summed E-state index contributed by atoms with van der Waals surface area (Å²) in [6, 6.07) is 0. The van der Waals surface area contributed by atoms with E-state index < -0.39 is 0 Å². The Bertz CT molecular complexity index is 12.8. The Labute approximate surface area is 78.7 Å². The van der Waals surface area contributed by atoms with Gasteiger partial charge in [0.15, 0.2) is 0 Å². The molecule has 0 saturated heterocycles. The molecule has 0 fully saturated rings. The molecule has 0 heterocycles. The van der Waals surface area contributed by atoms with Gasteiger partial charge in [0.05, 0.1) is 0 Å². The zero-order valence-electron chi connectivity index (χ0n) is 2.30. The molecule has 0 amide bonds. The maximum atomic E-state index is 6.25. The van der Waals surface area contributed by atoms with Crippen LogP contribution in [-0.4, -0.2) is 0 Å². The van der Waals surface area contributed by atoms with Crippen molar-refractivity contribution in [3.8, 4) is 0 Å². The van der Waals surface area contributed by atoms with E-state index >= 15 is 0 Å². The van der Waals surface area contributed by atoms with Gasteiger partial charge in [0, 0.05) is 0 Å². The maximum absolute atomic E-state index is 6.25. The van der Waals surface area contributed by atoms with Crippen molar-refractivity contribution in [2.45, 2.75) is 0 Å². The van der Waals surface area contributed by atoms with Crippen molar-refractivity contribution < 1.29 is 68.5 Å². The second-order valence-corrected chi connectivity index (χ2v) is 0. The molecule has 0 radical (unpaired) electrons. The van der Waals surface area contributed by atoms with Gasteiger partial charge in [0.2, 0.25) is 0 Å². The van der Waals surface area contributed by atoms with Crippen LogP contribution in [0.2, 0.25) is 0 Å². The van der Waals surface area contributed by atoms with Crippen molar-refractivity contribution in [1.82, 2.24) is 0 Å². The summed E-state index contributed by atoms with van der Waals surface area (Å²) in [5.74, 6) is 0. The molecule has 0 N–H and O–H groups in total. The Morgan fingerprint density at radius 2 is 1.25 bits per heavy atom. The summed E-state index contributed by atoms with van der Waals surface area (Å²) >= 11 is 0. The molecule has 4 heavy (non-hydrogen) atoms. The molecule has 0 unspecified atom stereocenters. The zero-order valence-corrected chi connectivity index (χ0v) is 6.53. The molecule has 16 valence electrons. The number of hydrogen-bond donors (Lipinski definition) is 0. The van der Waals surface area contributed by atoms with Crippen LogP contribution in [0.4, 0.5) is 0 Å². The van der Waals surface area contributed by atoms with E-state index in [9.17, 15) is 0 Å². The van der Waals surface area contributed by atoms with Crippen LogP contribution < -0.4 is 51.4 Å². The van der Waals surface area contributed by atoms with E-state index in [0.29, 0.717) is 0 Å². The summed E-state index contributed by atoms with van der Waals surface area (Å²) in [7, 11) is 0. The first-order valence-electron chi connectivity index (χ1n) is 0.224. The normalized spacial score (nSPS) is 0.500. The van der Waals surface area contributed by atoms with Crippen molar-refractivity contribution >= 4 is 0 Å². The molecule has 0 aromatic rings. The Balaban J connectivity index is -0.00000000500. The van der Waals surface area contributed by atoms with Gasteiger partial charge in [-0.2, -0.15) is 0 Å². The van der Waals surface area contributed by atoms with Crippen molar-refractivity contribution in [3.05, 3.63) is 6.57 Å². The van der Waals surface area contributed by atoms with Crippen molar-refractivity contribution in [1.29, 1.82) is 5.26 Å². The molecular formula is CFeKN+2. The third-order valence-corrected chi connectivity index (χ3v) is 0. The first-order chi connectivity index (χ1) is 1.00. The quantitative estimate of drug-likeness (QED) is 0.249. The number of rotatable bonds is 0. The van der Waals surface area contributed by atoms with E-state index in [0.717, 1.165) is 0 Å². The molecule has 0 aromatic carbocycles. The molecule has 1 nitrogen and oxygen atoms in total. The minimum absolute atomic E-state index is 0. The maximum Gasteiger partial charge on any atom is 2.00 e. The monoisotopic (exact) mass is 121 g/mol. The van der Waals surface area contributed by atoms with Gasteiger partial charge >= 0.3 is 68.5 Å². The second-order valence-electron chi connectivity index (χ2n) is 0. The minimum Gasteiger partial charge on any atom is -0.512 e. The fraction of sp³-hybridized carbons (Fsp3) is 0. The van der Waals surface area contributed by atoms with Gasteiger partial charge in [-0.25, -0.2) is 0 Å². The summed E-state index contributed by atoms with van der Waals surface area (Å²) in [6.45, 7) is 4.75. The average molecular weight is 121 g/mol. The van der Waals surface area contributed by atoms with E-state index in [-0.39, 0.29) is 68.5 Å². The molecule has 0 atom stereocenters.